The standard InChI is InChI=1S/C48H35NOSi/c1-6-19-36(20-7-1)43-31-17-32-44-45-33-18-34-46(48(45)50-47(43)44)49(37-21-8-2-9-22-37)38-23-16-30-42(35-38)51(39-24-10-3-11-25-39,40-26-12-4-13-27-40)41-28-14-5-15-29-41/h1-35H. The number of benzene rings is 8. The lowest BCUT2D eigenvalue weighted by atomic mass is 10.0. The summed E-state index contributed by atoms with van der Waals surface area (Å²) in [6.07, 6.45) is 0. The zero-order valence-electron chi connectivity index (χ0n) is 28.1. The first-order chi connectivity index (χ1) is 25.3. The summed E-state index contributed by atoms with van der Waals surface area (Å²) in [6.45, 7) is 0. The van der Waals surface area contributed by atoms with Gasteiger partial charge in [-0.1, -0.05) is 182 Å². The maximum atomic E-state index is 6.97. The number of fused-ring (bicyclic) bond motifs is 3. The minimum Gasteiger partial charge on any atom is -0.453 e. The van der Waals surface area contributed by atoms with Crippen LogP contribution in [0.25, 0.3) is 33.1 Å². The van der Waals surface area contributed by atoms with Crippen LogP contribution >= 0.6 is 0 Å². The van der Waals surface area contributed by atoms with Crippen molar-refractivity contribution >= 4 is 67.8 Å². The van der Waals surface area contributed by atoms with Crippen LogP contribution in [0.1, 0.15) is 0 Å². The Balaban J connectivity index is 1.31. The highest BCUT2D eigenvalue weighted by molar-refractivity contribution is 7.19. The first-order valence-corrected chi connectivity index (χ1v) is 19.4. The van der Waals surface area contributed by atoms with Gasteiger partial charge in [0.05, 0.1) is 5.69 Å². The van der Waals surface area contributed by atoms with E-state index in [0.717, 1.165) is 50.1 Å². The van der Waals surface area contributed by atoms with Crippen molar-refractivity contribution in [1.82, 2.24) is 0 Å². The Morgan fingerprint density at radius 2 is 0.804 bits per heavy atom. The molecule has 0 radical (unpaired) electrons. The van der Waals surface area contributed by atoms with E-state index in [1.807, 2.05) is 0 Å². The van der Waals surface area contributed by atoms with Crippen LogP contribution in [-0.2, 0) is 0 Å². The van der Waals surface area contributed by atoms with E-state index in [9.17, 15) is 0 Å². The van der Waals surface area contributed by atoms with Crippen molar-refractivity contribution in [3.05, 3.63) is 212 Å². The quantitative estimate of drug-likeness (QED) is 0.118. The predicted molar refractivity (Wildman–Crippen MR) is 217 cm³/mol. The molecule has 0 amide bonds. The summed E-state index contributed by atoms with van der Waals surface area (Å²) >= 11 is 0. The van der Waals surface area contributed by atoms with Crippen molar-refractivity contribution in [1.29, 1.82) is 0 Å². The van der Waals surface area contributed by atoms with Gasteiger partial charge >= 0.3 is 0 Å². The van der Waals surface area contributed by atoms with Crippen molar-refractivity contribution in [3.63, 3.8) is 0 Å². The lowest BCUT2D eigenvalue weighted by Gasteiger charge is -2.35. The van der Waals surface area contributed by atoms with Crippen molar-refractivity contribution in [3.8, 4) is 11.1 Å². The summed E-state index contributed by atoms with van der Waals surface area (Å²) in [5.74, 6) is 0. The van der Waals surface area contributed by atoms with Gasteiger partial charge in [-0.15, -0.1) is 0 Å². The van der Waals surface area contributed by atoms with E-state index < -0.39 is 8.07 Å². The van der Waals surface area contributed by atoms with Crippen molar-refractivity contribution in [2.24, 2.45) is 0 Å². The van der Waals surface area contributed by atoms with Crippen LogP contribution in [-0.4, -0.2) is 8.07 Å². The molecule has 8 aromatic carbocycles. The fraction of sp³-hybridized carbons (Fsp3) is 0. The second-order valence-electron chi connectivity index (χ2n) is 12.9. The van der Waals surface area contributed by atoms with Crippen LogP contribution in [0.5, 0.6) is 0 Å². The fourth-order valence-corrected chi connectivity index (χ4v) is 12.6. The number of para-hydroxylation sites is 3. The molecule has 0 bridgehead atoms. The third-order valence-electron chi connectivity index (χ3n) is 10.0. The van der Waals surface area contributed by atoms with Gasteiger partial charge in [-0.3, -0.25) is 0 Å². The maximum Gasteiger partial charge on any atom is 0.179 e. The van der Waals surface area contributed by atoms with E-state index in [-0.39, 0.29) is 0 Å². The zero-order chi connectivity index (χ0) is 34.0. The molecule has 0 aliphatic carbocycles. The summed E-state index contributed by atoms with van der Waals surface area (Å²) in [5.41, 5.74) is 7.14. The average Bonchev–Trinajstić information content (AvgIpc) is 3.60. The Kier molecular flexibility index (Phi) is 7.88. The third-order valence-corrected chi connectivity index (χ3v) is 14.8. The summed E-state index contributed by atoms with van der Waals surface area (Å²) in [7, 11) is -2.75. The Morgan fingerprint density at radius 1 is 0.353 bits per heavy atom. The third kappa shape index (κ3) is 5.27. The summed E-state index contributed by atoms with van der Waals surface area (Å²) in [4.78, 5) is 2.36. The number of nitrogens with zero attached hydrogens (tertiary/aromatic N) is 1. The fourth-order valence-electron chi connectivity index (χ4n) is 7.77. The van der Waals surface area contributed by atoms with Crippen molar-refractivity contribution < 1.29 is 4.42 Å². The molecule has 9 rings (SSSR count). The number of rotatable bonds is 8. The molecule has 2 nitrogen and oxygen atoms in total. The molecule has 0 fully saturated rings. The Labute approximate surface area is 299 Å². The molecule has 9 aromatic rings. The lowest BCUT2D eigenvalue weighted by Crippen LogP contribution is -2.74. The summed E-state index contributed by atoms with van der Waals surface area (Å²) in [5, 5.41) is 7.56. The van der Waals surface area contributed by atoms with E-state index in [0.29, 0.717) is 0 Å². The van der Waals surface area contributed by atoms with Gasteiger partial charge in [-0.2, -0.15) is 0 Å². The highest BCUT2D eigenvalue weighted by Gasteiger charge is 2.41. The number of hydrogen-bond acceptors (Lipinski definition) is 2. The van der Waals surface area contributed by atoms with Gasteiger partial charge in [-0.05, 0) is 56.6 Å². The van der Waals surface area contributed by atoms with Crippen molar-refractivity contribution in [2.75, 3.05) is 4.90 Å². The van der Waals surface area contributed by atoms with Crippen LogP contribution in [0.3, 0.4) is 0 Å². The molecule has 0 spiro atoms. The molecule has 0 saturated carbocycles. The molecule has 0 saturated heterocycles. The Morgan fingerprint density at radius 3 is 1.39 bits per heavy atom. The molecular weight excluding hydrogens is 635 g/mol. The molecule has 0 unspecified atom stereocenters. The minimum absolute atomic E-state index is 0.864. The van der Waals surface area contributed by atoms with Gasteiger partial charge in [0.2, 0.25) is 0 Å². The molecule has 242 valence electrons. The topological polar surface area (TPSA) is 16.4 Å². The van der Waals surface area contributed by atoms with Crippen LogP contribution in [0, 0.1) is 0 Å². The lowest BCUT2D eigenvalue weighted by molar-refractivity contribution is 0.670. The zero-order valence-corrected chi connectivity index (χ0v) is 29.1. The molecule has 0 N–H and O–H groups in total. The molecule has 3 heteroatoms. The summed E-state index contributed by atoms with van der Waals surface area (Å²) in [6, 6.07) is 76.6. The van der Waals surface area contributed by atoms with E-state index >= 15 is 0 Å². The second kappa shape index (κ2) is 13.1. The molecule has 51 heavy (non-hydrogen) atoms. The molecule has 0 atom stereocenters. The Bertz CT molecular complexity index is 2470. The van der Waals surface area contributed by atoms with E-state index in [4.69, 9.17) is 4.42 Å². The van der Waals surface area contributed by atoms with E-state index in [1.165, 1.54) is 20.7 Å². The van der Waals surface area contributed by atoms with Crippen molar-refractivity contribution in [2.45, 2.75) is 0 Å². The number of anilines is 3. The van der Waals surface area contributed by atoms with Crippen LogP contribution < -0.4 is 25.6 Å². The Hall–Kier alpha value is -6.42. The SMILES string of the molecule is c1ccc(-c2cccc3c2oc2c(N(c4ccccc4)c4cccc([Si](c5ccccc5)(c5ccccc5)c5ccccc5)c4)cccc23)cc1. The molecule has 1 heterocycles. The first-order valence-electron chi connectivity index (χ1n) is 17.4. The average molecular weight is 670 g/mol. The summed E-state index contributed by atoms with van der Waals surface area (Å²) < 4.78 is 6.97. The molecule has 1 aromatic heterocycles. The highest BCUT2D eigenvalue weighted by atomic mass is 28.3. The smallest absolute Gasteiger partial charge is 0.179 e. The number of hydrogen-bond donors (Lipinski definition) is 0. The monoisotopic (exact) mass is 669 g/mol. The molecular formula is C48H35NOSi. The maximum absolute atomic E-state index is 6.97. The van der Waals surface area contributed by atoms with Gasteiger partial charge in [-0.25, -0.2) is 0 Å². The first kappa shape index (κ1) is 30.6. The van der Waals surface area contributed by atoms with E-state index in [1.54, 1.807) is 0 Å². The second-order valence-corrected chi connectivity index (χ2v) is 16.7. The van der Waals surface area contributed by atoms with E-state index in [2.05, 4.69) is 217 Å². The van der Waals surface area contributed by atoms with Gasteiger partial charge in [0.1, 0.15) is 5.58 Å². The highest BCUT2D eigenvalue weighted by Crippen LogP contribution is 2.43. The van der Waals surface area contributed by atoms with Crippen LogP contribution in [0.2, 0.25) is 0 Å². The molecule has 0 aliphatic rings. The predicted octanol–water partition coefficient (Wildman–Crippen LogP) is 10.1. The number of furan rings is 1. The largest absolute Gasteiger partial charge is 0.453 e. The van der Waals surface area contributed by atoms with Gasteiger partial charge in [0.25, 0.3) is 0 Å². The van der Waals surface area contributed by atoms with Gasteiger partial charge < -0.3 is 9.32 Å². The molecule has 0 aliphatic heterocycles. The van der Waals surface area contributed by atoms with Gasteiger partial charge in [0, 0.05) is 27.7 Å². The van der Waals surface area contributed by atoms with Gasteiger partial charge in [0.15, 0.2) is 13.7 Å². The minimum atomic E-state index is -2.75. The van der Waals surface area contributed by atoms with Crippen LogP contribution in [0.15, 0.2) is 217 Å². The normalized spacial score (nSPS) is 11.5. The van der Waals surface area contributed by atoms with Crippen LogP contribution in [0.4, 0.5) is 17.1 Å².